The lowest BCUT2D eigenvalue weighted by atomic mass is 10.2. The lowest BCUT2D eigenvalue weighted by Crippen LogP contribution is -2.30. The van der Waals surface area contributed by atoms with E-state index in [0.29, 0.717) is 18.7 Å². The highest BCUT2D eigenvalue weighted by atomic mass is 127. The Morgan fingerprint density at radius 1 is 1.56 bits per heavy atom. The maximum absolute atomic E-state index is 12.1. The maximum atomic E-state index is 12.1. The van der Waals surface area contributed by atoms with Gasteiger partial charge in [0.15, 0.2) is 0 Å². The molecule has 5 heteroatoms. The molecule has 0 spiro atoms. The molecule has 0 aliphatic carbocycles. The quantitative estimate of drug-likeness (QED) is 0.731. The van der Waals surface area contributed by atoms with Gasteiger partial charge in [-0.15, -0.1) is 0 Å². The average molecular weight is 398 g/mol. The van der Waals surface area contributed by atoms with E-state index in [1.165, 1.54) is 0 Å². The molecule has 0 fully saturated rings. The summed E-state index contributed by atoms with van der Waals surface area (Å²) < 4.78 is 6.81. The van der Waals surface area contributed by atoms with Crippen molar-refractivity contribution in [2.75, 3.05) is 27.3 Å². The number of hydrogen-bond acceptors (Lipinski definition) is 2. The monoisotopic (exact) mass is 397 g/mol. The molecular weight excluding hydrogens is 385 g/mol. The summed E-state index contributed by atoms with van der Waals surface area (Å²) in [6, 6.07) is 5.71. The second-order valence-electron chi connectivity index (χ2n) is 3.34. The fraction of sp³-hybridized carbons (Fsp3) is 0.364. The van der Waals surface area contributed by atoms with E-state index in [2.05, 4.69) is 38.5 Å². The predicted molar refractivity (Wildman–Crippen MR) is 75.7 cm³/mol. The van der Waals surface area contributed by atoms with E-state index in [4.69, 9.17) is 4.74 Å². The van der Waals surface area contributed by atoms with Crippen molar-refractivity contribution in [3.05, 3.63) is 31.8 Å². The van der Waals surface area contributed by atoms with Crippen LogP contribution >= 0.6 is 38.5 Å². The molecule has 0 unspecified atom stereocenters. The number of halogens is 2. The molecule has 0 heterocycles. The van der Waals surface area contributed by atoms with Gasteiger partial charge in [0.25, 0.3) is 5.91 Å². The SMILES string of the molecule is COCCN(C)C(=O)c1cc(I)ccc1Br. The van der Waals surface area contributed by atoms with Crippen LogP contribution in [0.2, 0.25) is 0 Å². The van der Waals surface area contributed by atoms with Gasteiger partial charge in [-0.3, -0.25) is 4.79 Å². The van der Waals surface area contributed by atoms with Gasteiger partial charge in [-0.25, -0.2) is 0 Å². The molecular formula is C11H13BrINO2. The predicted octanol–water partition coefficient (Wildman–Crippen LogP) is 2.77. The van der Waals surface area contributed by atoms with E-state index in [-0.39, 0.29) is 5.91 Å². The fourth-order valence-corrected chi connectivity index (χ4v) is 2.10. The van der Waals surface area contributed by atoms with E-state index < -0.39 is 0 Å². The number of benzene rings is 1. The Balaban J connectivity index is 2.83. The summed E-state index contributed by atoms with van der Waals surface area (Å²) in [7, 11) is 3.40. The van der Waals surface area contributed by atoms with E-state index >= 15 is 0 Å². The summed E-state index contributed by atoms with van der Waals surface area (Å²) in [6.45, 7) is 1.14. The van der Waals surface area contributed by atoms with Crippen molar-refractivity contribution in [2.45, 2.75) is 0 Å². The molecule has 0 bridgehead atoms. The third-order valence-electron chi connectivity index (χ3n) is 2.14. The highest BCUT2D eigenvalue weighted by Crippen LogP contribution is 2.20. The van der Waals surface area contributed by atoms with Crippen LogP contribution in [0.5, 0.6) is 0 Å². The molecule has 1 aromatic carbocycles. The van der Waals surface area contributed by atoms with Crippen LogP contribution in [0.3, 0.4) is 0 Å². The van der Waals surface area contributed by atoms with Gasteiger partial charge in [-0.2, -0.15) is 0 Å². The molecule has 0 aromatic heterocycles. The Hall–Kier alpha value is -0.140. The highest BCUT2D eigenvalue weighted by Gasteiger charge is 2.14. The smallest absolute Gasteiger partial charge is 0.254 e. The lowest BCUT2D eigenvalue weighted by molar-refractivity contribution is 0.0743. The first kappa shape index (κ1) is 13.9. The maximum Gasteiger partial charge on any atom is 0.254 e. The van der Waals surface area contributed by atoms with Crippen LogP contribution in [-0.2, 0) is 4.74 Å². The molecule has 0 N–H and O–H groups in total. The largest absolute Gasteiger partial charge is 0.383 e. The first-order valence-electron chi connectivity index (χ1n) is 4.75. The number of methoxy groups -OCH3 is 1. The van der Waals surface area contributed by atoms with Crippen molar-refractivity contribution in [3.8, 4) is 0 Å². The Morgan fingerprint density at radius 2 is 2.25 bits per heavy atom. The molecule has 1 amide bonds. The number of amides is 1. The fourth-order valence-electron chi connectivity index (χ4n) is 1.20. The summed E-state index contributed by atoms with van der Waals surface area (Å²) in [5, 5.41) is 0. The molecule has 0 aliphatic heterocycles. The van der Waals surface area contributed by atoms with Gasteiger partial charge in [0.1, 0.15) is 0 Å². The van der Waals surface area contributed by atoms with Gasteiger partial charge in [0.05, 0.1) is 12.2 Å². The Morgan fingerprint density at radius 3 is 2.88 bits per heavy atom. The van der Waals surface area contributed by atoms with Gasteiger partial charge < -0.3 is 9.64 Å². The zero-order chi connectivity index (χ0) is 12.1. The van der Waals surface area contributed by atoms with Crippen LogP contribution in [0.25, 0.3) is 0 Å². The summed E-state index contributed by atoms with van der Waals surface area (Å²) in [5.74, 6) is 0.00226. The second-order valence-corrected chi connectivity index (χ2v) is 5.44. The topological polar surface area (TPSA) is 29.5 Å². The lowest BCUT2D eigenvalue weighted by Gasteiger charge is -2.17. The van der Waals surface area contributed by atoms with Crippen molar-refractivity contribution >= 4 is 44.4 Å². The number of carbonyl (C=O) groups is 1. The average Bonchev–Trinajstić information content (AvgIpc) is 2.28. The van der Waals surface area contributed by atoms with E-state index in [9.17, 15) is 4.79 Å². The first-order valence-corrected chi connectivity index (χ1v) is 6.63. The molecule has 88 valence electrons. The number of likely N-dealkylation sites (N-methyl/N-ethyl adjacent to an activating group) is 1. The second kappa shape index (κ2) is 6.56. The number of carbonyl (C=O) groups excluding carboxylic acids is 1. The number of hydrogen-bond donors (Lipinski definition) is 0. The van der Waals surface area contributed by atoms with E-state index in [1.54, 1.807) is 19.1 Å². The normalized spacial score (nSPS) is 10.2. The van der Waals surface area contributed by atoms with Crippen molar-refractivity contribution in [1.82, 2.24) is 4.90 Å². The van der Waals surface area contributed by atoms with Crippen LogP contribution in [-0.4, -0.2) is 38.1 Å². The molecule has 0 aliphatic rings. The van der Waals surface area contributed by atoms with Crippen LogP contribution in [0.1, 0.15) is 10.4 Å². The number of nitrogens with zero attached hydrogens (tertiary/aromatic N) is 1. The number of rotatable bonds is 4. The van der Waals surface area contributed by atoms with Crippen LogP contribution < -0.4 is 0 Å². The van der Waals surface area contributed by atoms with Crippen LogP contribution in [0.15, 0.2) is 22.7 Å². The van der Waals surface area contributed by atoms with E-state index in [1.807, 2.05) is 18.2 Å². The molecule has 3 nitrogen and oxygen atoms in total. The van der Waals surface area contributed by atoms with Crippen LogP contribution in [0, 0.1) is 3.57 Å². The van der Waals surface area contributed by atoms with Gasteiger partial charge in [-0.1, -0.05) is 0 Å². The Kier molecular flexibility index (Phi) is 5.71. The summed E-state index contributed by atoms with van der Waals surface area (Å²) in [5.41, 5.74) is 0.686. The van der Waals surface area contributed by atoms with Gasteiger partial charge in [-0.05, 0) is 56.7 Å². The zero-order valence-corrected chi connectivity index (χ0v) is 12.9. The van der Waals surface area contributed by atoms with Gasteiger partial charge in [0, 0.05) is 28.7 Å². The third kappa shape index (κ3) is 3.71. The first-order chi connectivity index (χ1) is 7.56. The molecule has 0 saturated heterocycles. The molecule has 0 atom stereocenters. The Labute approximate surface area is 117 Å². The summed E-state index contributed by atoms with van der Waals surface area (Å²) in [6.07, 6.45) is 0. The molecule has 16 heavy (non-hydrogen) atoms. The van der Waals surface area contributed by atoms with Crippen molar-refractivity contribution in [3.63, 3.8) is 0 Å². The minimum Gasteiger partial charge on any atom is -0.383 e. The summed E-state index contributed by atoms with van der Waals surface area (Å²) >= 11 is 5.58. The highest BCUT2D eigenvalue weighted by molar-refractivity contribution is 14.1. The van der Waals surface area contributed by atoms with Gasteiger partial charge >= 0.3 is 0 Å². The number of ether oxygens (including phenoxy) is 1. The molecule has 1 aromatic rings. The van der Waals surface area contributed by atoms with Crippen molar-refractivity contribution in [1.29, 1.82) is 0 Å². The third-order valence-corrected chi connectivity index (χ3v) is 3.50. The molecule has 0 saturated carbocycles. The minimum atomic E-state index is 0.00226. The van der Waals surface area contributed by atoms with Crippen molar-refractivity contribution in [2.24, 2.45) is 0 Å². The summed E-state index contributed by atoms with van der Waals surface area (Å²) in [4.78, 5) is 13.7. The van der Waals surface area contributed by atoms with E-state index in [0.717, 1.165) is 8.04 Å². The van der Waals surface area contributed by atoms with Crippen molar-refractivity contribution < 1.29 is 9.53 Å². The van der Waals surface area contributed by atoms with Gasteiger partial charge in [0.2, 0.25) is 0 Å². The molecule has 1 rings (SSSR count). The minimum absolute atomic E-state index is 0.00226. The Bertz CT molecular complexity index is 384. The standard InChI is InChI=1S/C11H13BrINO2/c1-14(5-6-16-2)11(15)9-7-8(13)3-4-10(9)12/h3-4,7H,5-6H2,1-2H3. The molecule has 0 radical (unpaired) electrons. The van der Waals surface area contributed by atoms with Crippen LogP contribution in [0.4, 0.5) is 0 Å². The zero-order valence-electron chi connectivity index (χ0n) is 9.17.